The fourth-order valence-electron chi connectivity index (χ4n) is 2.18. The highest BCUT2D eigenvalue weighted by atomic mass is 16.6. The molecule has 5 nitrogen and oxygen atoms in total. The predicted octanol–water partition coefficient (Wildman–Crippen LogP) is 1.89. The molecule has 1 atom stereocenters. The summed E-state index contributed by atoms with van der Waals surface area (Å²) in [5, 5.41) is 0. The van der Waals surface area contributed by atoms with Crippen molar-refractivity contribution in [2.24, 2.45) is 0 Å². The van der Waals surface area contributed by atoms with Crippen molar-refractivity contribution in [2.75, 3.05) is 24.7 Å². The molecule has 1 aromatic carbocycles. The first-order chi connectivity index (χ1) is 9.08. The highest BCUT2D eigenvalue weighted by molar-refractivity contribution is 5.98. The molecule has 1 unspecified atom stereocenters. The standard InChI is InChI=1S/C14H20N2O3/c1-9-6-11(13(16)12(15)7-9)14(17)19-8-10-4-2-3-5-18-10/h6-7,10H,2-5,8,15-16H2,1H3. The lowest BCUT2D eigenvalue weighted by atomic mass is 10.1. The first-order valence-corrected chi connectivity index (χ1v) is 6.52. The Hall–Kier alpha value is -1.75. The number of nitrogen functional groups attached to an aromatic ring is 2. The van der Waals surface area contributed by atoms with Gasteiger partial charge in [-0.1, -0.05) is 0 Å². The lowest BCUT2D eigenvalue weighted by Gasteiger charge is -2.22. The Kier molecular flexibility index (Phi) is 4.27. The van der Waals surface area contributed by atoms with E-state index in [1.807, 2.05) is 6.92 Å². The van der Waals surface area contributed by atoms with Crippen molar-refractivity contribution >= 4 is 17.3 Å². The number of benzene rings is 1. The maximum atomic E-state index is 12.0. The molecule has 0 amide bonds. The Morgan fingerprint density at radius 3 is 2.89 bits per heavy atom. The zero-order chi connectivity index (χ0) is 13.8. The highest BCUT2D eigenvalue weighted by Crippen LogP contribution is 2.23. The molecule has 0 aromatic heterocycles. The number of esters is 1. The van der Waals surface area contributed by atoms with E-state index >= 15 is 0 Å². The van der Waals surface area contributed by atoms with E-state index in [1.165, 1.54) is 0 Å². The minimum Gasteiger partial charge on any atom is -0.459 e. The van der Waals surface area contributed by atoms with Crippen LogP contribution in [0.5, 0.6) is 0 Å². The molecule has 1 heterocycles. The third kappa shape index (κ3) is 3.38. The van der Waals surface area contributed by atoms with Gasteiger partial charge >= 0.3 is 5.97 Å². The van der Waals surface area contributed by atoms with E-state index in [9.17, 15) is 4.79 Å². The number of carbonyl (C=O) groups excluding carboxylic acids is 1. The van der Waals surface area contributed by atoms with Gasteiger partial charge in [0.15, 0.2) is 0 Å². The van der Waals surface area contributed by atoms with Crippen LogP contribution in [0.4, 0.5) is 11.4 Å². The minimum absolute atomic E-state index is 0.00100. The Balaban J connectivity index is 1.99. The zero-order valence-electron chi connectivity index (χ0n) is 11.1. The Bertz CT molecular complexity index is 468. The average Bonchev–Trinajstić information content (AvgIpc) is 2.41. The summed E-state index contributed by atoms with van der Waals surface area (Å²) >= 11 is 0. The molecule has 19 heavy (non-hydrogen) atoms. The lowest BCUT2D eigenvalue weighted by Crippen LogP contribution is -2.26. The fraction of sp³-hybridized carbons (Fsp3) is 0.500. The van der Waals surface area contributed by atoms with E-state index in [0.29, 0.717) is 11.3 Å². The molecular formula is C14H20N2O3. The third-order valence-electron chi connectivity index (χ3n) is 3.25. The molecule has 1 aliphatic rings. The quantitative estimate of drug-likeness (QED) is 0.643. The highest BCUT2D eigenvalue weighted by Gasteiger charge is 2.19. The molecule has 104 valence electrons. The number of anilines is 2. The lowest BCUT2D eigenvalue weighted by molar-refractivity contribution is -0.0300. The van der Waals surface area contributed by atoms with Gasteiger partial charge in [-0.05, 0) is 43.9 Å². The maximum absolute atomic E-state index is 12.0. The van der Waals surface area contributed by atoms with Crippen LogP contribution in [0.3, 0.4) is 0 Å². The van der Waals surface area contributed by atoms with E-state index in [2.05, 4.69) is 0 Å². The molecular weight excluding hydrogens is 244 g/mol. The number of carbonyl (C=O) groups is 1. The number of nitrogens with two attached hydrogens (primary N) is 2. The van der Waals surface area contributed by atoms with E-state index in [1.54, 1.807) is 12.1 Å². The first kappa shape index (κ1) is 13.7. The van der Waals surface area contributed by atoms with E-state index < -0.39 is 5.97 Å². The maximum Gasteiger partial charge on any atom is 0.340 e. The molecule has 1 fully saturated rings. The number of rotatable bonds is 3. The Morgan fingerprint density at radius 2 is 2.21 bits per heavy atom. The molecule has 0 aliphatic carbocycles. The Labute approximate surface area is 112 Å². The molecule has 0 saturated carbocycles. The molecule has 0 spiro atoms. The number of hydrogen-bond donors (Lipinski definition) is 2. The minimum atomic E-state index is -0.443. The van der Waals surface area contributed by atoms with Gasteiger partial charge in [0, 0.05) is 6.61 Å². The smallest absolute Gasteiger partial charge is 0.340 e. The van der Waals surface area contributed by atoms with Gasteiger partial charge in [-0.15, -0.1) is 0 Å². The summed E-state index contributed by atoms with van der Waals surface area (Å²) in [4.78, 5) is 12.0. The molecule has 2 rings (SSSR count). The summed E-state index contributed by atoms with van der Waals surface area (Å²) in [5.74, 6) is -0.443. The van der Waals surface area contributed by atoms with Crippen molar-refractivity contribution in [3.8, 4) is 0 Å². The summed E-state index contributed by atoms with van der Waals surface area (Å²) < 4.78 is 10.8. The van der Waals surface area contributed by atoms with Gasteiger partial charge in [-0.25, -0.2) is 4.79 Å². The second kappa shape index (κ2) is 5.93. The number of hydrogen-bond acceptors (Lipinski definition) is 5. The van der Waals surface area contributed by atoms with Crippen molar-refractivity contribution in [1.82, 2.24) is 0 Å². The normalized spacial score (nSPS) is 19.1. The average molecular weight is 264 g/mol. The second-order valence-electron chi connectivity index (χ2n) is 4.90. The SMILES string of the molecule is Cc1cc(N)c(N)c(C(=O)OCC2CCCCO2)c1. The monoisotopic (exact) mass is 264 g/mol. The Morgan fingerprint density at radius 1 is 1.42 bits per heavy atom. The molecule has 1 aliphatic heterocycles. The van der Waals surface area contributed by atoms with Crippen LogP contribution in [0.1, 0.15) is 35.2 Å². The molecule has 0 bridgehead atoms. The van der Waals surface area contributed by atoms with Gasteiger partial charge in [-0.2, -0.15) is 0 Å². The molecule has 5 heteroatoms. The summed E-state index contributed by atoms with van der Waals surface area (Å²) in [5.41, 5.74) is 13.4. The van der Waals surface area contributed by atoms with Crippen LogP contribution >= 0.6 is 0 Å². The van der Waals surface area contributed by atoms with Gasteiger partial charge in [0.2, 0.25) is 0 Å². The molecule has 4 N–H and O–H groups in total. The van der Waals surface area contributed by atoms with Crippen LogP contribution in [0.2, 0.25) is 0 Å². The van der Waals surface area contributed by atoms with E-state index in [4.69, 9.17) is 20.9 Å². The van der Waals surface area contributed by atoms with Gasteiger partial charge in [0.1, 0.15) is 6.61 Å². The summed E-state index contributed by atoms with van der Waals surface area (Å²) in [6.45, 7) is 2.87. The van der Waals surface area contributed by atoms with Gasteiger partial charge in [0.25, 0.3) is 0 Å². The summed E-state index contributed by atoms with van der Waals surface area (Å²) in [6.07, 6.45) is 3.12. The summed E-state index contributed by atoms with van der Waals surface area (Å²) in [6, 6.07) is 3.42. The van der Waals surface area contributed by atoms with Crippen LogP contribution in [-0.2, 0) is 9.47 Å². The van der Waals surface area contributed by atoms with Crippen LogP contribution < -0.4 is 11.5 Å². The fourth-order valence-corrected chi connectivity index (χ4v) is 2.18. The predicted molar refractivity (Wildman–Crippen MR) is 73.9 cm³/mol. The van der Waals surface area contributed by atoms with E-state index in [-0.39, 0.29) is 18.4 Å². The van der Waals surface area contributed by atoms with Gasteiger partial charge < -0.3 is 20.9 Å². The summed E-state index contributed by atoms with van der Waals surface area (Å²) in [7, 11) is 0. The van der Waals surface area contributed by atoms with Crippen LogP contribution in [-0.4, -0.2) is 25.3 Å². The van der Waals surface area contributed by atoms with Crippen molar-refractivity contribution in [3.63, 3.8) is 0 Å². The largest absolute Gasteiger partial charge is 0.459 e. The number of aryl methyl sites for hydroxylation is 1. The van der Waals surface area contributed by atoms with Crippen molar-refractivity contribution in [3.05, 3.63) is 23.3 Å². The van der Waals surface area contributed by atoms with Crippen molar-refractivity contribution in [1.29, 1.82) is 0 Å². The molecule has 0 radical (unpaired) electrons. The zero-order valence-corrected chi connectivity index (χ0v) is 11.1. The van der Waals surface area contributed by atoms with Crippen LogP contribution in [0.15, 0.2) is 12.1 Å². The number of ether oxygens (including phenoxy) is 2. The van der Waals surface area contributed by atoms with E-state index in [0.717, 1.165) is 31.4 Å². The van der Waals surface area contributed by atoms with Crippen molar-refractivity contribution in [2.45, 2.75) is 32.3 Å². The van der Waals surface area contributed by atoms with Gasteiger partial charge in [0.05, 0.1) is 23.0 Å². The van der Waals surface area contributed by atoms with Crippen LogP contribution in [0, 0.1) is 6.92 Å². The first-order valence-electron chi connectivity index (χ1n) is 6.52. The topological polar surface area (TPSA) is 87.6 Å². The molecule has 1 aromatic rings. The van der Waals surface area contributed by atoms with Crippen molar-refractivity contribution < 1.29 is 14.3 Å². The van der Waals surface area contributed by atoms with Gasteiger partial charge in [-0.3, -0.25) is 0 Å². The second-order valence-corrected chi connectivity index (χ2v) is 4.90. The third-order valence-corrected chi connectivity index (χ3v) is 3.25. The van der Waals surface area contributed by atoms with Crippen LogP contribution in [0.25, 0.3) is 0 Å². The molecule has 1 saturated heterocycles.